The fraction of sp³-hybridized carbons (Fsp3) is 0.278. The second kappa shape index (κ2) is 9.07. The van der Waals surface area contributed by atoms with Gasteiger partial charge in [0.25, 0.3) is 11.8 Å². The molecule has 0 saturated carbocycles. The first-order valence-corrected chi connectivity index (χ1v) is 8.15. The largest absolute Gasteiger partial charge is 0.459 e. The minimum Gasteiger partial charge on any atom is -0.459 e. The van der Waals surface area contributed by atoms with Crippen molar-refractivity contribution in [2.24, 2.45) is 5.92 Å². The molecule has 1 aromatic heterocycles. The highest BCUT2D eigenvalue weighted by molar-refractivity contribution is 5.96. The Hall–Kier alpha value is -3.30. The summed E-state index contributed by atoms with van der Waals surface area (Å²) in [5.74, 6) is -7.64. The van der Waals surface area contributed by atoms with Crippen LogP contribution in [0.2, 0.25) is 0 Å². The Morgan fingerprint density at radius 2 is 1.82 bits per heavy atom. The van der Waals surface area contributed by atoms with Crippen LogP contribution < -0.4 is 10.6 Å². The van der Waals surface area contributed by atoms with Crippen molar-refractivity contribution in [3.63, 3.8) is 0 Å². The summed E-state index contributed by atoms with van der Waals surface area (Å²) >= 11 is 0. The lowest BCUT2D eigenvalue weighted by atomic mass is 10.0. The summed E-state index contributed by atoms with van der Waals surface area (Å²) < 4.78 is 49.3. The standard InChI is InChI=1S/C18H17F3N2O5/c1-9(2)16(23-17(25)12-4-3-7-27-12)18(26)28-8-13(24)22-11-6-5-10(19)14(20)15(11)21/h3-7,9,16H,8H2,1-2H3,(H,22,24)(H,23,25)/t16-/m1/s1. The van der Waals surface area contributed by atoms with Crippen LogP contribution in [0.4, 0.5) is 18.9 Å². The SMILES string of the molecule is CC(C)[C@@H](NC(=O)c1ccco1)C(=O)OCC(=O)Nc1ccc(F)c(F)c1F. The van der Waals surface area contributed by atoms with Gasteiger partial charge in [-0.05, 0) is 30.2 Å². The fourth-order valence-electron chi connectivity index (χ4n) is 2.15. The van der Waals surface area contributed by atoms with E-state index < -0.39 is 53.6 Å². The van der Waals surface area contributed by atoms with E-state index in [0.29, 0.717) is 6.07 Å². The number of furan rings is 1. The number of esters is 1. The van der Waals surface area contributed by atoms with Crippen molar-refractivity contribution in [2.75, 3.05) is 11.9 Å². The maximum absolute atomic E-state index is 13.5. The number of benzene rings is 1. The Labute approximate surface area is 157 Å². The first kappa shape index (κ1) is 21.0. The molecule has 1 heterocycles. The molecule has 0 saturated heterocycles. The minimum atomic E-state index is -1.74. The monoisotopic (exact) mass is 398 g/mol. The number of nitrogens with one attached hydrogen (secondary N) is 2. The van der Waals surface area contributed by atoms with Gasteiger partial charge in [0.2, 0.25) is 0 Å². The molecule has 0 fully saturated rings. The van der Waals surface area contributed by atoms with E-state index in [1.165, 1.54) is 18.4 Å². The maximum atomic E-state index is 13.5. The molecule has 2 aromatic rings. The van der Waals surface area contributed by atoms with E-state index in [4.69, 9.17) is 9.15 Å². The number of anilines is 1. The van der Waals surface area contributed by atoms with Gasteiger partial charge in [0.1, 0.15) is 6.04 Å². The summed E-state index contributed by atoms with van der Waals surface area (Å²) in [6.45, 7) is 2.47. The first-order chi connectivity index (χ1) is 13.2. The van der Waals surface area contributed by atoms with Crippen molar-refractivity contribution < 1.29 is 36.7 Å². The van der Waals surface area contributed by atoms with Crippen molar-refractivity contribution in [1.82, 2.24) is 5.32 Å². The van der Waals surface area contributed by atoms with Crippen LogP contribution in [0, 0.1) is 23.4 Å². The van der Waals surface area contributed by atoms with Crippen LogP contribution in [0.3, 0.4) is 0 Å². The van der Waals surface area contributed by atoms with Gasteiger partial charge in [-0.25, -0.2) is 18.0 Å². The van der Waals surface area contributed by atoms with E-state index in [2.05, 4.69) is 5.32 Å². The average molecular weight is 398 g/mol. The van der Waals surface area contributed by atoms with E-state index >= 15 is 0 Å². The number of hydrogen-bond acceptors (Lipinski definition) is 5. The van der Waals surface area contributed by atoms with Crippen LogP contribution in [-0.4, -0.2) is 30.4 Å². The van der Waals surface area contributed by atoms with Crippen molar-refractivity contribution in [3.8, 4) is 0 Å². The zero-order valence-corrected chi connectivity index (χ0v) is 14.9. The van der Waals surface area contributed by atoms with Gasteiger partial charge in [0.15, 0.2) is 29.8 Å². The van der Waals surface area contributed by atoms with Gasteiger partial charge in [0, 0.05) is 0 Å². The van der Waals surface area contributed by atoms with Crippen LogP contribution in [0.1, 0.15) is 24.4 Å². The third-order valence-electron chi connectivity index (χ3n) is 3.61. The van der Waals surface area contributed by atoms with Crippen LogP contribution in [0.15, 0.2) is 34.9 Å². The number of halogens is 3. The normalized spacial score (nSPS) is 11.8. The Morgan fingerprint density at radius 3 is 2.43 bits per heavy atom. The van der Waals surface area contributed by atoms with Crippen LogP contribution in [0.25, 0.3) is 0 Å². The lowest BCUT2D eigenvalue weighted by Gasteiger charge is -2.20. The summed E-state index contributed by atoms with van der Waals surface area (Å²) in [4.78, 5) is 36.0. The number of carbonyl (C=O) groups is 3. The smallest absolute Gasteiger partial charge is 0.329 e. The predicted molar refractivity (Wildman–Crippen MR) is 90.7 cm³/mol. The molecule has 0 radical (unpaired) electrons. The van der Waals surface area contributed by atoms with Gasteiger partial charge in [0.05, 0.1) is 12.0 Å². The van der Waals surface area contributed by atoms with Gasteiger partial charge in [-0.3, -0.25) is 9.59 Å². The van der Waals surface area contributed by atoms with Crippen LogP contribution in [0.5, 0.6) is 0 Å². The lowest BCUT2D eigenvalue weighted by Crippen LogP contribution is -2.45. The van der Waals surface area contributed by atoms with E-state index in [1.54, 1.807) is 13.8 Å². The molecule has 10 heteroatoms. The van der Waals surface area contributed by atoms with Gasteiger partial charge in [-0.2, -0.15) is 0 Å². The fourth-order valence-corrected chi connectivity index (χ4v) is 2.15. The third kappa shape index (κ3) is 5.12. The third-order valence-corrected chi connectivity index (χ3v) is 3.61. The Morgan fingerprint density at radius 1 is 1.11 bits per heavy atom. The number of rotatable bonds is 7. The van der Waals surface area contributed by atoms with E-state index in [0.717, 1.165) is 6.07 Å². The van der Waals surface area contributed by atoms with Crippen molar-refractivity contribution in [3.05, 3.63) is 53.7 Å². The Kier molecular flexibility index (Phi) is 6.80. The highest BCUT2D eigenvalue weighted by Crippen LogP contribution is 2.19. The average Bonchev–Trinajstić information content (AvgIpc) is 3.19. The van der Waals surface area contributed by atoms with Crippen LogP contribution >= 0.6 is 0 Å². The molecular formula is C18H17F3N2O5. The quantitative estimate of drug-likeness (QED) is 0.552. The van der Waals surface area contributed by atoms with Gasteiger partial charge < -0.3 is 19.8 Å². The highest BCUT2D eigenvalue weighted by Gasteiger charge is 2.27. The molecule has 7 nitrogen and oxygen atoms in total. The zero-order chi connectivity index (χ0) is 20.8. The topological polar surface area (TPSA) is 97.6 Å². The molecule has 28 heavy (non-hydrogen) atoms. The number of ether oxygens (including phenoxy) is 1. The zero-order valence-electron chi connectivity index (χ0n) is 14.9. The minimum absolute atomic E-state index is 0.00925. The molecule has 1 aromatic carbocycles. The van der Waals surface area contributed by atoms with E-state index in [1.807, 2.05) is 5.32 Å². The predicted octanol–water partition coefficient (Wildman–Crippen LogP) is 2.63. The molecule has 0 bridgehead atoms. The summed E-state index contributed by atoms with van der Waals surface area (Å²) in [6.07, 6.45) is 1.29. The summed E-state index contributed by atoms with van der Waals surface area (Å²) in [6, 6.07) is 3.29. The molecule has 0 spiro atoms. The molecule has 0 aliphatic carbocycles. The molecule has 1 atom stereocenters. The van der Waals surface area contributed by atoms with Gasteiger partial charge in [-0.15, -0.1) is 0 Å². The number of carbonyl (C=O) groups excluding carboxylic acids is 3. The Bertz CT molecular complexity index is 868. The summed E-state index contributed by atoms with van der Waals surface area (Å²) in [5.41, 5.74) is -0.605. The second-order valence-electron chi connectivity index (χ2n) is 6.05. The molecule has 2 N–H and O–H groups in total. The van der Waals surface area contributed by atoms with Crippen molar-refractivity contribution in [2.45, 2.75) is 19.9 Å². The number of hydrogen-bond donors (Lipinski definition) is 2. The van der Waals surface area contributed by atoms with Gasteiger partial charge in [-0.1, -0.05) is 13.8 Å². The second-order valence-corrected chi connectivity index (χ2v) is 6.05. The number of amides is 2. The molecule has 2 amide bonds. The van der Waals surface area contributed by atoms with E-state index in [-0.39, 0.29) is 11.7 Å². The molecular weight excluding hydrogens is 381 g/mol. The van der Waals surface area contributed by atoms with Crippen LogP contribution in [-0.2, 0) is 14.3 Å². The molecule has 0 aliphatic heterocycles. The first-order valence-electron chi connectivity index (χ1n) is 8.15. The summed E-state index contributed by atoms with van der Waals surface area (Å²) in [7, 11) is 0. The van der Waals surface area contributed by atoms with Crippen molar-refractivity contribution >= 4 is 23.5 Å². The molecule has 2 rings (SSSR count). The molecule has 0 aliphatic rings. The molecule has 150 valence electrons. The lowest BCUT2D eigenvalue weighted by molar-refractivity contribution is -0.150. The van der Waals surface area contributed by atoms with E-state index in [9.17, 15) is 27.6 Å². The molecule has 0 unspecified atom stereocenters. The Balaban J connectivity index is 1.94. The summed E-state index contributed by atoms with van der Waals surface area (Å²) in [5, 5.41) is 4.39. The van der Waals surface area contributed by atoms with Gasteiger partial charge >= 0.3 is 5.97 Å². The maximum Gasteiger partial charge on any atom is 0.329 e. The van der Waals surface area contributed by atoms with Crippen molar-refractivity contribution in [1.29, 1.82) is 0 Å². The highest BCUT2D eigenvalue weighted by atomic mass is 19.2.